The SMILES string of the molecule is CNC(Cc1cc(Br)cs1)Cc1cccc(F)c1F. The van der Waals surface area contributed by atoms with E-state index in [0.29, 0.717) is 12.0 Å². The maximum atomic E-state index is 13.6. The largest absolute Gasteiger partial charge is 0.316 e. The molecule has 0 bridgehead atoms. The number of likely N-dealkylation sites (N-methyl/N-ethyl adjacent to an activating group) is 1. The van der Waals surface area contributed by atoms with E-state index >= 15 is 0 Å². The van der Waals surface area contributed by atoms with Gasteiger partial charge >= 0.3 is 0 Å². The van der Waals surface area contributed by atoms with Gasteiger partial charge in [-0.05, 0) is 53.5 Å². The lowest BCUT2D eigenvalue weighted by Crippen LogP contribution is -2.30. The molecule has 0 radical (unpaired) electrons. The molecule has 5 heteroatoms. The van der Waals surface area contributed by atoms with Gasteiger partial charge in [0.1, 0.15) is 0 Å². The molecule has 0 saturated heterocycles. The summed E-state index contributed by atoms with van der Waals surface area (Å²) in [6.07, 6.45) is 1.26. The van der Waals surface area contributed by atoms with E-state index in [2.05, 4.69) is 27.3 Å². The van der Waals surface area contributed by atoms with Gasteiger partial charge < -0.3 is 5.32 Å². The van der Waals surface area contributed by atoms with Gasteiger partial charge in [-0.15, -0.1) is 11.3 Å². The van der Waals surface area contributed by atoms with Gasteiger partial charge in [0.2, 0.25) is 0 Å². The fourth-order valence-electron chi connectivity index (χ4n) is 1.95. The first-order valence-electron chi connectivity index (χ1n) is 5.93. The molecular formula is C14H14BrF2NS. The van der Waals surface area contributed by atoms with Crippen LogP contribution in [-0.2, 0) is 12.8 Å². The van der Waals surface area contributed by atoms with Gasteiger partial charge in [-0.25, -0.2) is 8.78 Å². The Morgan fingerprint density at radius 3 is 2.74 bits per heavy atom. The lowest BCUT2D eigenvalue weighted by atomic mass is 10.0. The zero-order valence-electron chi connectivity index (χ0n) is 10.4. The molecule has 1 N–H and O–H groups in total. The summed E-state index contributed by atoms with van der Waals surface area (Å²) in [7, 11) is 1.84. The molecule has 1 unspecified atom stereocenters. The average molecular weight is 346 g/mol. The number of rotatable bonds is 5. The number of nitrogens with one attached hydrogen (secondary N) is 1. The molecule has 0 fully saturated rings. The highest BCUT2D eigenvalue weighted by molar-refractivity contribution is 9.10. The van der Waals surface area contributed by atoms with Crippen molar-refractivity contribution >= 4 is 27.3 Å². The van der Waals surface area contributed by atoms with Crippen molar-refractivity contribution in [2.45, 2.75) is 18.9 Å². The lowest BCUT2D eigenvalue weighted by molar-refractivity contribution is 0.483. The molecule has 102 valence electrons. The summed E-state index contributed by atoms with van der Waals surface area (Å²) in [4.78, 5) is 1.21. The summed E-state index contributed by atoms with van der Waals surface area (Å²) in [5.74, 6) is -1.53. The van der Waals surface area contributed by atoms with Crippen molar-refractivity contribution in [1.29, 1.82) is 0 Å². The first-order valence-corrected chi connectivity index (χ1v) is 7.60. The van der Waals surface area contributed by atoms with Crippen molar-refractivity contribution in [3.63, 3.8) is 0 Å². The average Bonchev–Trinajstić information content (AvgIpc) is 2.79. The van der Waals surface area contributed by atoms with Crippen molar-refractivity contribution in [2.24, 2.45) is 0 Å². The zero-order valence-corrected chi connectivity index (χ0v) is 12.8. The zero-order chi connectivity index (χ0) is 13.8. The van der Waals surface area contributed by atoms with Crippen LogP contribution in [0.1, 0.15) is 10.4 Å². The molecular weight excluding hydrogens is 332 g/mol. The Morgan fingerprint density at radius 1 is 1.32 bits per heavy atom. The van der Waals surface area contributed by atoms with E-state index in [1.807, 2.05) is 12.4 Å². The molecule has 2 rings (SSSR count). The summed E-state index contributed by atoms with van der Waals surface area (Å²) in [6.45, 7) is 0. The molecule has 0 aliphatic heterocycles. The number of halogens is 3. The van der Waals surface area contributed by atoms with Crippen LogP contribution < -0.4 is 5.32 Å². The monoisotopic (exact) mass is 345 g/mol. The van der Waals surface area contributed by atoms with Crippen LogP contribution in [0.15, 0.2) is 34.1 Å². The van der Waals surface area contributed by atoms with Crippen LogP contribution in [0.25, 0.3) is 0 Å². The van der Waals surface area contributed by atoms with E-state index in [-0.39, 0.29) is 6.04 Å². The number of benzene rings is 1. The van der Waals surface area contributed by atoms with Gasteiger partial charge in [-0.1, -0.05) is 12.1 Å². The second kappa shape index (κ2) is 6.59. The van der Waals surface area contributed by atoms with Crippen LogP contribution in [-0.4, -0.2) is 13.1 Å². The Kier molecular flexibility index (Phi) is 5.07. The molecule has 0 spiro atoms. The van der Waals surface area contributed by atoms with E-state index < -0.39 is 11.6 Å². The lowest BCUT2D eigenvalue weighted by Gasteiger charge is -2.16. The first kappa shape index (κ1) is 14.6. The summed E-state index contributed by atoms with van der Waals surface area (Å²) in [5, 5.41) is 5.18. The Labute approximate surface area is 123 Å². The fraction of sp³-hybridized carbons (Fsp3) is 0.286. The Balaban J connectivity index is 2.08. The minimum absolute atomic E-state index is 0.0850. The van der Waals surface area contributed by atoms with E-state index in [0.717, 1.165) is 17.0 Å². The van der Waals surface area contributed by atoms with E-state index in [9.17, 15) is 8.78 Å². The normalized spacial score (nSPS) is 12.6. The second-order valence-electron chi connectivity index (χ2n) is 4.34. The predicted octanol–water partition coefficient (Wildman–Crippen LogP) is 4.16. The van der Waals surface area contributed by atoms with Crippen LogP contribution in [0.2, 0.25) is 0 Å². The smallest absolute Gasteiger partial charge is 0.162 e. The van der Waals surface area contributed by atoms with Crippen molar-refractivity contribution in [3.8, 4) is 0 Å². The molecule has 1 heterocycles. The van der Waals surface area contributed by atoms with Gasteiger partial charge in [0.05, 0.1) is 0 Å². The number of hydrogen-bond acceptors (Lipinski definition) is 2. The van der Waals surface area contributed by atoms with Gasteiger partial charge in [0, 0.05) is 20.8 Å². The minimum Gasteiger partial charge on any atom is -0.316 e. The summed E-state index contributed by atoms with van der Waals surface area (Å²) < 4.78 is 27.9. The van der Waals surface area contributed by atoms with Crippen LogP contribution in [0.4, 0.5) is 8.78 Å². The van der Waals surface area contributed by atoms with Crippen LogP contribution in [0.3, 0.4) is 0 Å². The molecule has 0 aliphatic carbocycles. The molecule has 1 aromatic carbocycles. The minimum atomic E-state index is -0.786. The summed E-state index contributed by atoms with van der Waals surface area (Å²) in [5.41, 5.74) is 0.412. The highest BCUT2D eigenvalue weighted by atomic mass is 79.9. The van der Waals surface area contributed by atoms with Gasteiger partial charge in [-0.3, -0.25) is 0 Å². The Hall–Kier alpha value is -0.780. The second-order valence-corrected chi connectivity index (χ2v) is 6.25. The Bertz CT molecular complexity index is 556. The third-order valence-electron chi connectivity index (χ3n) is 2.98. The number of thiophene rings is 1. The maximum absolute atomic E-state index is 13.6. The van der Waals surface area contributed by atoms with Crippen molar-refractivity contribution in [3.05, 3.63) is 56.2 Å². The van der Waals surface area contributed by atoms with Crippen molar-refractivity contribution in [1.82, 2.24) is 5.32 Å². The fourth-order valence-corrected chi connectivity index (χ4v) is 3.48. The van der Waals surface area contributed by atoms with Gasteiger partial charge in [-0.2, -0.15) is 0 Å². The molecule has 1 aromatic heterocycles. The number of hydrogen-bond donors (Lipinski definition) is 1. The molecule has 0 saturated carbocycles. The topological polar surface area (TPSA) is 12.0 Å². The molecule has 1 atom stereocenters. The molecule has 0 amide bonds. The third kappa shape index (κ3) is 3.84. The standard InChI is InChI=1S/C14H14BrF2NS/c1-18-11(7-12-6-10(15)8-19-12)5-9-3-2-4-13(16)14(9)17/h2-4,6,8,11,18H,5,7H2,1H3. The summed E-state index contributed by atoms with van der Waals surface area (Å²) >= 11 is 5.07. The molecule has 1 nitrogen and oxygen atoms in total. The first-order chi connectivity index (χ1) is 9.10. The Morgan fingerprint density at radius 2 is 2.11 bits per heavy atom. The van der Waals surface area contributed by atoms with Crippen molar-refractivity contribution in [2.75, 3.05) is 7.05 Å². The molecule has 0 aliphatic rings. The predicted molar refractivity (Wildman–Crippen MR) is 78.6 cm³/mol. The van der Waals surface area contributed by atoms with Gasteiger partial charge in [0.25, 0.3) is 0 Å². The molecule has 2 aromatic rings. The van der Waals surface area contributed by atoms with E-state index in [1.54, 1.807) is 23.5 Å². The quantitative estimate of drug-likeness (QED) is 0.857. The maximum Gasteiger partial charge on any atom is 0.162 e. The van der Waals surface area contributed by atoms with Crippen LogP contribution in [0.5, 0.6) is 0 Å². The van der Waals surface area contributed by atoms with E-state index in [1.165, 1.54) is 4.88 Å². The van der Waals surface area contributed by atoms with Crippen molar-refractivity contribution < 1.29 is 8.78 Å². The van der Waals surface area contributed by atoms with E-state index in [4.69, 9.17) is 0 Å². The third-order valence-corrected chi connectivity index (χ3v) is 4.70. The van der Waals surface area contributed by atoms with Crippen LogP contribution in [0, 0.1) is 11.6 Å². The highest BCUT2D eigenvalue weighted by Crippen LogP contribution is 2.22. The van der Waals surface area contributed by atoms with Crippen LogP contribution >= 0.6 is 27.3 Å². The summed E-state index contributed by atoms with van der Waals surface area (Å²) in [6, 6.07) is 6.46. The highest BCUT2D eigenvalue weighted by Gasteiger charge is 2.14. The molecule has 19 heavy (non-hydrogen) atoms. The van der Waals surface area contributed by atoms with Gasteiger partial charge in [0.15, 0.2) is 11.6 Å².